The molecule has 2 aromatic rings. The fourth-order valence-corrected chi connectivity index (χ4v) is 5.25. The third-order valence-corrected chi connectivity index (χ3v) is 7.17. The van der Waals surface area contributed by atoms with Crippen molar-refractivity contribution in [1.29, 1.82) is 0 Å². The number of carbonyl (C=O) groups is 1. The van der Waals surface area contributed by atoms with Crippen molar-refractivity contribution in [1.82, 2.24) is 10.3 Å². The van der Waals surface area contributed by atoms with Crippen LogP contribution in [0, 0.1) is 11.6 Å². The maximum absolute atomic E-state index is 13.7. The lowest BCUT2D eigenvalue weighted by atomic mass is 10.0. The Balaban J connectivity index is 1.50. The van der Waals surface area contributed by atoms with E-state index in [1.165, 1.54) is 30.3 Å². The number of hydrogen-bond donors (Lipinski definition) is 2. The molecule has 1 aliphatic carbocycles. The summed E-state index contributed by atoms with van der Waals surface area (Å²) < 4.78 is 27.3. The van der Waals surface area contributed by atoms with E-state index in [4.69, 9.17) is 11.6 Å². The molecule has 190 valence electrons. The molecule has 0 atom stereocenters. The van der Waals surface area contributed by atoms with Crippen molar-refractivity contribution in [3.05, 3.63) is 110 Å². The van der Waals surface area contributed by atoms with Gasteiger partial charge in [0, 0.05) is 46.6 Å². The molecule has 2 N–H and O–H groups in total. The van der Waals surface area contributed by atoms with E-state index in [0.29, 0.717) is 44.6 Å². The lowest BCUT2D eigenvalue weighted by Gasteiger charge is -2.27. The quantitative estimate of drug-likeness (QED) is 0.421. The van der Waals surface area contributed by atoms with Gasteiger partial charge < -0.3 is 20.1 Å². The van der Waals surface area contributed by atoms with Crippen LogP contribution in [0.15, 0.2) is 71.7 Å². The van der Waals surface area contributed by atoms with Crippen molar-refractivity contribution < 1.29 is 13.6 Å². The Morgan fingerprint density at radius 2 is 1.82 bits per heavy atom. The van der Waals surface area contributed by atoms with Gasteiger partial charge in [0.1, 0.15) is 11.6 Å². The second-order valence-corrected chi connectivity index (χ2v) is 9.60. The van der Waals surface area contributed by atoms with E-state index < -0.39 is 5.82 Å². The van der Waals surface area contributed by atoms with Gasteiger partial charge in [0.25, 0.3) is 5.56 Å². The van der Waals surface area contributed by atoms with E-state index in [-0.39, 0.29) is 23.7 Å². The SMILES string of the molecule is CN1C=CC(NC(=O)Cc2cc(F)ccc2Cl)=c2ccc3c4c([nH]c(=O)c-4c21)=CCN3c1ccc(F)cc1. The van der Waals surface area contributed by atoms with E-state index in [1.54, 1.807) is 24.4 Å². The molecule has 0 spiro atoms. The van der Waals surface area contributed by atoms with Gasteiger partial charge in [-0.15, -0.1) is 0 Å². The maximum Gasteiger partial charge on any atom is 0.258 e. The van der Waals surface area contributed by atoms with Gasteiger partial charge in [-0.25, -0.2) is 8.78 Å². The number of halogens is 3. The molecule has 3 heterocycles. The Kier molecular flexibility index (Phi) is 5.76. The predicted molar refractivity (Wildman–Crippen MR) is 145 cm³/mol. The van der Waals surface area contributed by atoms with Crippen LogP contribution < -0.4 is 31.2 Å². The first-order valence-corrected chi connectivity index (χ1v) is 12.3. The molecule has 0 bridgehead atoms. The first-order valence-electron chi connectivity index (χ1n) is 11.9. The van der Waals surface area contributed by atoms with Crippen LogP contribution in [0.5, 0.6) is 0 Å². The highest BCUT2D eigenvalue weighted by atomic mass is 35.5. The standard InChI is InChI=1S/C29H21ClF2N4O2/c1-35-12-10-22(33-25(37)15-16-14-18(32)4-8-21(16)30)20-7-9-24-26-23(34-29(38)27(26)28(20)35)11-13-36(24)19-5-2-17(31)3-6-19/h2-12,14H,13,15H2,1H3,(H,33,37)(H,34,38). The summed E-state index contributed by atoms with van der Waals surface area (Å²) in [7, 11) is 1.83. The number of aromatic amines is 1. The third kappa shape index (κ3) is 4.03. The van der Waals surface area contributed by atoms with E-state index in [0.717, 1.165) is 16.9 Å². The number of benzene rings is 2. The lowest BCUT2D eigenvalue weighted by Crippen LogP contribution is -2.32. The zero-order valence-electron chi connectivity index (χ0n) is 20.2. The number of carbonyl (C=O) groups excluding carboxylic acids is 1. The monoisotopic (exact) mass is 530 g/mol. The highest BCUT2D eigenvalue weighted by Gasteiger charge is 2.28. The summed E-state index contributed by atoms with van der Waals surface area (Å²) in [6.07, 6.45) is 5.33. The fraction of sp³-hybridized carbons (Fsp3) is 0.103. The zero-order valence-corrected chi connectivity index (χ0v) is 20.9. The summed E-state index contributed by atoms with van der Waals surface area (Å²) in [5.41, 5.74) is 4.04. The molecule has 38 heavy (non-hydrogen) atoms. The molecule has 0 saturated heterocycles. The minimum absolute atomic E-state index is 0.118. The summed E-state index contributed by atoms with van der Waals surface area (Å²) >= 11 is 6.16. The van der Waals surface area contributed by atoms with Gasteiger partial charge >= 0.3 is 0 Å². The van der Waals surface area contributed by atoms with Gasteiger partial charge in [0.05, 0.1) is 29.1 Å². The van der Waals surface area contributed by atoms with E-state index in [1.807, 2.05) is 35.1 Å². The summed E-state index contributed by atoms with van der Waals surface area (Å²) in [6, 6.07) is 13.8. The molecule has 0 saturated carbocycles. The molecule has 0 aromatic heterocycles. The summed E-state index contributed by atoms with van der Waals surface area (Å²) in [6.45, 7) is 0.484. The molecule has 1 amide bonds. The minimum Gasteiger partial charge on any atom is -0.350 e. The first kappa shape index (κ1) is 23.9. The Labute approximate surface area is 221 Å². The fourth-order valence-electron chi connectivity index (χ4n) is 5.06. The van der Waals surface area contributed by atoms with Gasteiger partial charge in [0.2, 0.25) is 5.91 Å². The number of anilines is 3. The van der Waals surface area contributed by atoms with E-state index in [2.05, 4.69) is 10.3 Å². The molecule has 6 rings (SSSR count). The highest BCUT2D eigenvalue weighted by molar-refractivity contribution is 6.31. The maximum atomic E-state index is 13.7. The molecular weight excluding hydrogens is 510 g/mol. The summed E-state index contributed by atoms with van der Waals surface area (Å²) in [4.78, 5) is 33.1. The van der Waals surface area contributed by atoms with Gasteiger partial charge in [-0.05, 0) is 72.3 Å². The third-order valence-electron chi connectivity index (χ3n) is 6.80. The van der Waals surface area contributed by atoms with Crippen LogP contribution in [0.4, 0.5) is 25.8 Å². The predicted octanol–water partition coefficient (Wildman–Crippen LogP) is 3.77. The van der Waals surface area contributed by atoms with Crippen molar-refractivity contribution in [3.63, 3.8) is 0 Å². The average molecular weight is 531 g/mol. The highest BCUT2D eigenvalue weighted by Crippen LogP contribution is 2.37. The molecule has 0 radical (unpaired) electrons. The summed E-state index contributed by atoms with van der Waals surface area (Å²) in [5, 5.41) is 4.57. The number of aromatic nitrogens is 1. The van der Waals surface area contributed by atoms with Crippen molar-refractivity contribution in [2.75, 3.05) is 23.4 Å². The van der Waals surface area contributed by atoms with Crippen LogP contribution in [-0.2, 0) is 11.2 Å². The Morgan fingerprint density at radius 1 is 1.05 bits per heavy atom. The van der Waals surface area contributed by atoms with Gasteiger partial charge in [-0.1, -0.05) is 11.6 Å². The number of amides is 1. The van der Waals surface area contributed by atoms with Crippen LogP contribution in [0.1, 0.15) is 5.56 Å². The smallest absolute Gasteiger partial charge is 0.258 e. The van der Waals surface area contributed by atoms with Crippen LogP contribution >= 0.6 is 11.6 Å². The Morgan fingerprint density at radius 3 is 2.61 bits per heavy atom. The first-order chi connectivity index (χ1) is 18.3. The van der Waals surface area contributed by atoms with Crippen LogP contribution in [0.2, 0.25) is 5.02 Å². The van der Waals surface area contributed by atoms with Crippen molar-refractivity contribution in [3.8, 4) is 11.1 Å². The number of hydrogen-bond acceptors (Lipinski definition) is 4. The second kappa shape index (κ2) is 9.15. The molecule has 4 aliphatic rings. The number of nitrogens with one attached hydrogen (secondary N) is 2. The average Bonchev–Trinajstić information content (AvgIpc) is 3.10. The van der Waals surface area contributed by atoms with Crippen molar-refractivity contribution >= 4 is 46.3 Å². The summed E-state index contributed by atoms with van der Waals surface area (Å²) in [5.74, 6) is -1.19. The molecule has 2 aromatic carbocycles. The van der Waals surface area contributed by atoms with Gasteiger partial charge in [0.15, 0.2) is 0 Å². The Bertz CT molecular complexity index is 1800. The number of rotatable bonds is 4. The molecule has 0 fully saturated rings. The molecule has 9 heteroatoms. The number of H-pyrrole nitrogens is 1. The van der Waals surface area contributed by atoms with E-state index >= 15 is 0 Å². The molecule has 6 nitrogen and oxygen atoms in total. The zero-order chi connectivity index (χ0) is 26.6. The van der Waals surface area contributed by atoms with Crippen LogP contribution in [0.25, 0.3) is 22.9 Å². The molecule has 0 unspecified atom stereocenters. The molecule has 3 aliphatic heterocycles. The lowest BCUT2D eigenvalue weighted by molar-refractivity contribution is -0.119. The minimum atomic E-state index is -0.476. The van der Waals surface area contributed by atoms with Crippen LogP contribution in [-0.4, -0.2) is 24.5 Å². The Hall–Kier alpha value is -4.43. The van der Waals surface area contributed by atoms with Crippen molar-refractivity contribution in [2.45, 2.75) is 6.42 Å². The van der Waals surface area contributed by atoms with Gasteiger partial charge in [-0.2, -0.15) is 0 Å². The van der Waals surface area contributed by atoms with Crippen LogP contribution in [0.3, 0.4) is 0 Å². The van der Waals surface area contributed by atoms with Gasteiger partial charge in [-0.3, -0.25) is 9.59 Å². The number of nitrogens with zero attached hydrogens (tertiary/aromatic N) is 2. The normalized spacial score (nSPS) is 13.9. The largest absolute Gasteiger partial charge is 0.350 e. The van der Waals surface area contributed by atoms with Crippen molar-refractivity contribution in [2.24, 2.45) is 0 Å². The topological polar surface area (TPSA) is 68.4 Å². The van der Waals surface area contributed by atoms with E-state index in [9.17, 15) is 18.4 Å². The second-order valence-electron chi connectivity index (χ2n) is 9.19. The number of fused-ring (bicyclic) bond motifs is 2. The molecular formula is C29H21ClF2N4O2.